The third-order valence-electron chi connectivity index (χ3n) is 5.19. The Morgan fingerprint density at radius 3 is 2.88 bits per heavy atom. The van der Waals surface area contributed by atoms with Crippen molar-refractivity contribution in [1.82, 2.24) is 9.80 Å². The lowest BCUT2D eigenvalue weighted by Gasteiger charge is -2.38. The smallest absolute Gasteiger partial charge is 0.223 e. The van der Waals surface area contributed by atoms with Gasteiger partial charge >= 0.3 is 0 Å². The summed E-state index contributed by atoms with van der Waals surface area (Å²) in [6.07, 6.45) is 4.69. The van der Waals surface area contributed by atoms with Crippen LogP contribution in [0.15, 0.2) is 11.4 Å². The summed E-state index contributed by atoms with van der Waals surface area (Å²) in [5.74, 6) is 0.174. The van der Waals surface area contributed by atoms with Crippen molar-refractivity contribution < 1.29 is 9.59 Å². The number of carbonyl (C=O) groups excluding carboxylic acids is 2. The first-order chi connectivity index (χ1) is 11.6. The van der Waals surface area contributed by atoms with Crippen LogP contribution in [0.25, 0.3) is 0 Å². The first-order valence-electron chi connectivity index (χ1n) is 8.94. The van der Waals surface area contributed by atoms with Crippen LogP contribution in [-0.4, -0.2) is 46.8 Å². The molecular formula is C18H27N3O2S. The number of nitrogens with two attached hydrogens (primary N) is 1. The van der Waals surface area contributed by atoms with Crippen molar-refractivity contribution in [2.45, 2.75) is 64.1 Å². The van der Waals surface area contributed by atoms with E-state index in [1.54, 1.807) is 11.3 Å². The molecule has 5 nitrogen and oxygen atoms in total. The van der Waals surface area contributed by atoms with E-state index in [9.17, 15) is 9.59 Å². The lowest BCUT2D eigenvalue weighted by Crippen LogP contribution is -2.51. The Labute approximate surface area is 147 Å². The highest BCUT2D eigenvalue weighted by molar-refractivity contribution is 7.10. The molecule has 0 aromatic carbocycles. The molecule has 1 fully saturated rings. The number of thiophene rings is 1. The van der Waals surface area contributed by atoms with Gasteiger partial charge in [0.1, 0.15) is 0 Å². The standard InChI is InChI=1S/C18H27N3O2S/c1-13(19)15-4-2-3-9-21(15)18(23)6-5-17(22)20-10-7-16-14(12-20)8-11-24-16/h8,11,13,15H,2-7,9-10,12,19H2,1H3. The van der Waals surface area contributed by atoms with Crippen LogP contribution in [0.1, 0.15) is 49.5 Å². The molecular weight excluding hydrogens is 322 g/mol. The number of likely N-dealkylation sites (tertiary alicyclic amines) is 1. The molecule has 2 atom stereocenters. The van der Waals surface area contributed by atoms with E-state index in [0.717, 1.165) is 38.8 Å². The highest BCUT2D eigenvalue weighted by Gasteiger charge is 2.30. The van der Waals surface area contributed by atoms with Crippen LogP contribution in [0.4, 0.5) is 0 Å². The summed E-state index contributed by atoms with van der Waals surface area (Å²) in [5.41, 5.74) is 7.30. The minimum atomic E-state index is -0.0101. The molecule has 6 heteroatoms. The molecule has 0 bridgehead atoms. The summed E-state index contributed by atoms with van der Waals surface area (Å²) >= 11 is 1.77. The minimum Gasteiger partial charge on any atom is -0.338 e. The molecule has 2 N–H and O–H groups in total. The van der Waals surface area contributed by atoms with Crippen LogP contribution < -0.4 is 5.73 Å². The van der Waals surface area contributed by atoms with Gasteiger partial charge in [0.25, 0.3) is 0 Å². The molecule has 2 amide bonds. The lowest BCUT2D eigenvalue weighted by molar-refractivity contribution is -0.139. The number of piperidine rings is 1. The number of fused-ring (bicyclic) bond motifs is 1. The fourth-order valence-electron chi connectivity index (χ4n) is 3.79. The Balaban J connectivity index is 1.51. The van der Waals surface area contributed by atoms with E-state index < -0.39 is 0 Å². The molecule has 0 saturated carbocycles. The van der Waals surface area contributed by atoms with E-state index in [-0.39, 0.29) is 23.9 Å². The number of nitrogens with zero attached hydrogens (tertiary/aromatic N) is 2. The highest BCUT2D eigenvalue weighted by Crippen LogP contribution is 2.25. The van der Waals surface area contributed by atoms with Gasteiger partial charge in [0, 0.05) is 49.4 Å². The number of carbonyl (C=O) groups is 2. The molecule has 2 unspecified atom stereocenters. The van der Waals surface area contributed by atoms with Crippen LogP contribution in [0.2, 0.25) is 0 Å². The second-order valence-electron chi connectivity index (χ2n) is 6.94. The van der Waals surface area contributed by atoms with Gasteiger partial charge < -0.3 is 15.5 Å². The summed E-state index contributed by atoms with van der Waals surface area (Å²) in [6, 6.07) is 2.22. The summed E-state index contributed by atoms with van der Waals surface area (Å²) in [4.78, 5) is 30.2. The Morgan fingerprint density at radius 1 is 1.29 bits per heavy atom. The summed E-state index contributed by atoms with van der Waals surface area (Å²) in [7, 11) is 0. The first kappa shape index (κ1) is 17.4. The van der Waals surface area contributed by atoms with E-state index >= 15 is 0 Å². The van der Waals surface area contributed by atoms with E-state index in [1.807, 2.05) is 16.7 Å². The average molecular weight is 350 g/mol. The van der Waals surface area contributed by atoms with Crippen LogP contribution >= 0.6 is 11.3 Å². The quantitative estimate of drug-likeness (QED) is 0.906. The highest BCUT2D eigenvalue weighted by atomic mass is 32.1. The third kappa shape index (κ3) is 3.81. The van der Waals surface area contributed by atoms with Crippen molar-refractivity contribution in [2.75, 3.05) is 13.1 Å². The zero-order chi connectivity index (χ0) is 17.1. The van der Waals surface area contributed by atoms with Crippen molar-refractivity contribution in [3.63, 3.8) is 0 Å². The summed E-state index contributed by atoms with van der Waals surface area (Å²) in [6.45, 7) is 4.21. The molecule has 24 heavy (non-hydrogen) atoms. The van der Waals surface area contributed by atoms with E-state index in [2.05, 4.69) is 11.4 Å². The molecule has 0 radical (unpaired) electrons. The van der Waals surface area contributed by atoms with Crippen LogP contribution in [0.5, 0.6) is 0 Å². The van der Waals surface area contributed by atoms with Gasteiger partial charge in [-0.05, 0) is 49.6 Å². The van der Waals surface area contributed by atoms with Crippen molar-refractivity contribution in [3.05, 3.63) is 21.9 Å². The molecule has 132 valence electrons. The fourth-order valence-corrected chi connectivity index (χ4v) is 4.68. The number of amides is 2. The second kappa shape index (κ2) is 7.66. The van der Waals surface area contributed by atoms with E-state index in [1.165, 1.54) is 10.4 Å². The molecule has 3 heterocycles. The van der Waals surface area contributed by atoms with Gasteiger partial charge in [-0.3, -0.25) is 9.59 Å². The Morgan fingerprint density at radius 2 is 2.08 bits per heavy atom. The van der Waals surface area contributed by atoms with Crippen LogP contribution in [0, 0.1) is 0 Å². The maximum atomic E-state index is 12.6. The van der Waals surface area contributed by atoms with Crippen molar-refractivity contribution >= 4 is 23.2 Å². The number of hydrogen-bond acceptors (Lipinski definition) is 4. The molecule has 0 spiro atoms. The predicted octanol–water partition coefficient (Wildman–Crippen LogP) is 2.14. The minimum absolute atomic E-state index is 0.0101. The molecule has 0 aliphatic carbocycles. The van der Waals surface area contributed by atoms with E-state index in [4.69, 9.17) is 5.73 Å². The Hall–Kier alpha value is -1.40. The van der Waals surface area contributed by atoms with Crippen LogP contribution in [0.3, 0.4) is 0 Å². The monoisotopic (exact) mass is 349 g/mol. The van der Waals surface area contributed by atoms with Gasteiger partial charge in [-0.25, -0.2) is 0 Å². The van der Waals surface area contributed by atoms with Gasteiger partial charge in [0.15, 0.2) is 0 Å². The predicted molar refractivity (Wildman–Crippen MR) is 95.7 cm³/mol. The fraction of sp³-hybridized carbons (Fsp3) is 0.667. The number of rotatable bonds is 4. The Kier molecular flexibility index (Phi) is 5.56. The lowest BCUT2D eigenvalue weighted by atomic mass is 9.96. The van der Waals surface area contributed by atoms with Crippen molar-refractivity contribution in [1.29, 1.82) is 0 Å². The molecule has 1 aromatic heterocycles. The van der Waals surface area contributed by atoms with Gasteiger partial charge in [0.2, 0.25) is 11.8 Å². The van der Waals surface area contributed by atoms with Gasteiger partial charge in [-0.15, -0.1) is 11.3 Å². The topological polar surface area (TPSA) is 66.6 Å². The van der Waals surface area contributed by atoms with Gasteiger partial charge in [0.05, 0.1) is 0 Å². The van der Waals surface area contributed by atoms with Crippen molar-refractivity contribution in [2.24, 2.45) is 5.73 Å². The maximum absolute atomic E-state index is 12.6. The zero-order valence-electron chi connectivity index (χ0n) is 14.4. The number of hydrogen-bond donors (Lipinski definition) is 1. The largest absolute Gasteiger partial charge is 0.338 e. The molecule has 2 aliphatic rings. The molecule has 1 aromatic rings. The zero-order valence-corrected chi connectivity index (χ0v) is 15.2. The van der Waals surface area contributed by atoms with Gasteiger partial charge in [-0.1, -0.05) is 0 Å². The normalized spacial score (nSPS) is 22.2. The summed E-state index contributed by atoms with van der Waals surface area (Å²) in [5, 5.41) is 2.09. The van der Waals surface area contributed by atoms with Crippen LogP contribution in [-0.2, 0) is 22.6 Å². The maximum Gasteiger partial charge on any atom is 0.223 e. The first-order valence-corrected chi connectivity index (χ1v) is 9.82. The molecule has 1 saturated heterocycles. The average Bonchev–Trinajstić information content (AvgIpc) is 3.06. The second-order valence-corrected chi connectivity index (χ2v) is 7.94. The Bertz CT molecular complexity index is 599. The van der Waals surface area contributed by atoms with E-state index in [0.29, 0.717) is 19.4 Å². The van der Waals surface area contributed by atoms with Gasteiger partial charge in [-0.2, -0.15) is 0 Å². The SMILES string of the molecule is CC(N)C1CCCCN1C(=O)CCC(=O)N1CCc2sccc2C1. The molecule has 3 rings (SSSR count). The molecule has 2 aliphatic heterocycles. The van der Waals surface area contributed by atoms with Crippen molar-refractivity contribution in [3.8, 4) is 0 Å². The summed E-state index contributed by atoms with van der Waals surface area (Å²) < 4.78 is 0. The third-order valence-corrected chi connectivity index (χ3v) is 6.21.